The molecule has 0 radical (unpaired) electrons. The van der Waals surface area contributed by atoms with E-state index in [0.717, 1.165) is 27.9 Å². The minimum Gasteiger partial charge on any atom is -0.351 e. The number of hydrogen-bond acceptors (Lipinski definition) is 3. The van der Waals surface area contributed by atoms with E-state index in [4.69, 9.17) is 0 Å². The average Bonchev–Trinajstić information content (AvgIpc) is 2.80. The summed E-state index contributed by atoms with van der Waals surface area (Å²) in [5.41, 5.74) is 5.79. The Bertz CT molecular complexity index is 881. The second kappa shape index (κ2) is 5.96. The Labute approximate surface area is 141 Å². The van der Waals surface area contributed by atoms with Crippen molar-refractivity contribution < 1.29 is 9.59 Å². The lowest BCUT2D eigenvalue weighted by molar-refractivity contribution is -0.120. The van der Waals surface area contributed by atoms with E-state index in [-0.39, 0.29) is 11.8 Å². The molecule has 0 aliphatic carbocycles. The van der Waals surface area contributed by atoms with Crippen LogP contribution in [0.1, 0.15) is 22.3 Å². The fourth-order valence-corrected chi connectivity index (χ4v) is 2.76. The molecule has 1 N–H and O–H groups in total. The van der Waals surface area contributed by atoms with Crippen LogP contribution in [0.15, 0.2) is 48.2 Å². The number of carbonyl (C=O) groups excluding carboxylic acids is 2. The summed E-state index contributed by atoms with van der Waals surface area (Å²) in [4.78, 5) is 26.4. The van der Waals surface area contributed by atoms with Crippen LogP contribution in [0, 0.1) is 27.7 Å². The standard InChI is InChI=1S/C20H20N2O2/c1-12-5-7-14(3)16(9-12)21-17-11-19(23)22(20(17)24)18-10-13(2)6-8-15(18)4/h5-11,21H,1-4H3. The Morgan fingerprint density at radius 2 is 1.46 bits per heavy atom. The molecule has 0 spiro atoms. The largest absolute Gasteiger partial charge is 0.351 e. The molecule has 1 aliphatic rings. The first-order valence-electron chi connectivity index (χ1n) is 7.88. The Morgan fingerprint density at radius 3 is 2.17 bits per heavy atom. The molecule has 0 fully saturated rings. The molecule has 0 saturated heterocycles. The van der Waals surface area contributed by atoms with Gasteiger partial charge in [-0.3, -0.25) is 9.59 Å². The first kappa shape index (κ1) is 16.0. The molecule has 2 aromatic carbocycles. The Balaban J connectivity index is 1.92. The van der Waals surface area contributed by atoms with Crippen molar-refractivity contribution in [2.24, 2.45) is 0 Å². The molecule has 3 rings (SSSR count). The maximum absolute atomic E-state index is 12.8. The van der Waals surface area contributed by atoms with Gasteiger partial charge in [-0.15, -0.1) is 0 Å². The van der Waals surface area contributed by atoms with Crippen LogP contribution in [0.25, 0.3) is 0 Å². The number of amides is 2. The first-order valence-corrected chi connectivity index (χ1v) is 7.88. The summed E-state index contributed by atoms with van der Waals surface area (Å²) in [7, 11) is 0. The van der Waals surface area contributed by atoms with Gasteiger partial charge in [-0.25, -0.2) is 4.90 Å². The predicted molar refractivity (Wildman–Crippen MR) is 96.0 cm³/mol. The number of rotatable bonds is 3. The first-order chi connectivity index (χ1) is 11.4. The van der Waals surface area contributed by atoms with Crippen LogP contribution in [-0.4, -0.2) is 11.8 Å². The quantitative estimate of drug-likeness (QED) is 0.875. The van der Waals surface area contributed by atoms with Crippen LogP contribution >= 0.6 is 0 Å². The van der Waals surface area contributed by atoms with Crippen molar-refractivity contribution >= 4 is 23.2 Å². The highest BCUT2D eigenvalue weighted by atomic mass is 16.2. The summed E-state index contributed by atoms with van der Waals surface area (Å²) >= 11 is 0. The number of imide groups is 1. The smallest absolute Gasteiger partial charge is 0.281 e. The molecule has 0 bridgehead atoms. The Hall–Kier alpha value is -2.88. The van der Waals surface area contributed by atoms with Gasteiger partial charge in [-0.05, 0) is 62.1 Å². The number of carbonyl (C=O) groups is 2. The molecule has 0 unspecified atom stereocenters. The molecule has 122 valence electrons. The van der Waals surface area contributed by atoms with E-state index in [0.29, 0.717) is 11.4 Å². The molecule has 2 aromatic rings. The zero-order valence-electron chi connectivity index (χ0n) is 14.3. The van der Waals surface area contributed by atoms with Crippen molar-refractivity contribution in [1.82, 2.24) is 0 Å². The normalized spacial score (nSPS) is 14.2. The molecule has 24 heavy (non-hydrogen) atoms. The lowest BCUT2D eigenvalue weighted by Crippen LogP contribution is -2.32. The molecule has 2 amide bonds. The highest BCUT2D eigenvalue weighted by molar-refractivity contribution is 6.31. The Kier molecular flexibility index (Phi) is 3.97. The lowest BCUT2D eigenvalue weighted by Gasteiger charge is -2.18. The van der Waals surface area contributed by atoms with Crippen molar-refractivity contribution in [1.29, 1.82) is 0 Å². The number of benzene rings is 2. The second-order valence-corrected chi connectivity index (χ2v) is 6.27. The van der Waals surface area contributed by atoms with Crippen LogP contribution in [0.3, 0.4) is 0 Å². The van der Waals surface area contributed by atoms with Gasteiger partial charge < -0.3 is 5.32 Å². The van der Waals surface area contributed by atoms with E-state index < -0.39 is 0 Å². The maximum Gasteiger partial charge on any atom is 0.281 e. The van der Waals surface area contributed by atoms with Crippen LogP contribution in [0.2, 0.25) is 0 Å². The number of aryl methyl sites for hydroxylation is 4. The SMILES string of the molecule is Cc1ccc(C)c(NC2=CC(=O)N(c3cc(C)ccc3C)C2=O)c1. The third-order valence-corrected chi connectivity index (χ3v) is 4.19. The van der Waals surface area contributed by atoms with E-state index in [1.807, 2.05) is 64.1 Å². The van der Waals surface area contributed by atoms with Gasteiger partial charge in [0.25, 0.3) is 11.8 Å². The zero-order valence-corrected chi connectivity index (χ0v) is 14.3. The van der Waals surface area contributed by atoms with E-state index in [1.165, 1.54) is 11.0 Å². The van der Waals surface area contributed by atoms with E-state index in [1.54, 1.807) is 0 Å². The van der Waals surface area contributed by atoms with Gasteiger partial charge in [-0.1, -0.05) is 24.3 Å². The van der Waals surface area contributed by atoms with Crippen LogP contribution in [0.4, 0.5) is 11.4 Å². The van der Waals surface area contributed by atoms with Gasteiger partial charge in [0.15, 0.2) is 0 Å². The predicted octanol–water partition coefficient (Wildman–Crippen LogP) is 3.79. The minimum atomic E-state index is -0.324. The van der Waals surface area contributed by atoms with E-state index >= 15 is 0 Å². The van der Waals surface area contributed by atoms with Crippen molar-refractivity contribution in [3.05, 3.63) is 70.4 Å². The highest BCUT2D eigenvalue weighted by Gasteiger charge is 2.33. The monoisotopic (exact) mass is 320 g/mol. The molecule has 4 heteroatoms. The van der Waals surface area contributed by atoms with Gasteiger partial charge in [0.2, 0.25) is 0 Å². The average molecular weight is 320 g/mol. The van der Waals surface area contributed by atoms with Crippen LogP contribution in [0.5, 0.6) is 0 Å². The third kappa shape index (κ3) is 2.83. The molecule has 1 aliphatic heterocycles. The summed E-state index contributed by atoms with van der Waals surface area (Å²) in [5.74, 6) is -0.642. The van der Waals surface area contributed by atoms with Gasteiger partial charge in [0.05, 0.1) is 5.69 Å². The molecule has 4 nitrogen and oxygen atoms in total. The number of anilines is 2. The fraction of sp³-hybridized carbons (Fsp3) is 0.200. The van der Waals surface area contributed by atoms with Gasteiger partial charge in [-0.2, -0.15) is 0 Å². The number of hydrogen-bond donors (Lipinski definition) is 1. The Morgan fingerprint density at radius 1 is 0.833 bits per heavy atom. The molecular weight excluding hydrogens is 300 g/mol. The minimum absolute atomic E-state index is 0.301. The van der Waals surface area contributed by atoms with Crippen molar-refractivity contribution in [2.75, 3.05) is 10.2 Å². The summed E-state index contributed by atoms with van der Waals surface area (Å²) in [6.45, 7) is 7.79. The van der Waals surface area contributed by atoms with Crippen LogP contribution < -0.4 is 10.2 Å². The fourth-order valence-electron chi connectivity index (χ4n) is 2.76. The molecule has 0 saturated carbocycles. The molecule has 0 aromatic heterocycles. The van der Waals surface area contributed by atoms with E-state index in [2.05, 4.69) is 5.32 Å². The highest BCUT2D eigenvalue weighted by Crippen LogP contribution is 2.28. The van der Waals surface area contributed by atoms with Gasteiger partial charge in [0.1, 0.15) is 5.70 Å². The molecule has 1 heterocycles. The van der Waals surface area contributed by atoms with Crippen molar-refractivity contribution in [3.63, 3.8) is 0 Å². The van der Waals surface area contributed by atoms with Crippen LogP contribution in [-0.2, 0) is 9.59 Å². The van der Waals surface area contributed by atoms with Crippen molar-refractivity contribution in [3.8, 4) is 0 Å². The zero-order chi connectivity index (χ0) is 17.4. The number of nitrogens with one attached hydrogen (secondary N) is 1. The second-order valence-electron chi connectivity index (χ2n) is 6.27. The summed E-state index contributed by atoms with van der Waals surface area (Å²) in [6, 6.07) is 11.7. The molecular formula is C20H20N2O2. The van der Waals surface area contributed by atoms with Crippen molar-refractivity contribution in [2.45, 2.75) is 27.7 Å². The maximum atomic E-state index is 12.8. The summed E-state index contributed by atoms with van der Waals surface area (Å²) in [6.07, 6.45) is 1.37. The molecule has 0 atom stereocenters. The van der Waals surface area contributed by atoms with E-state index in [9.17, 15) is 9.59 Å². The van der Waals surface area contributed by atoms with Gasteiger partial charge >= 0.3 is 0 Å². The summed E-state index contributed by atoms with van der Waals surface area (Å²) in [5, 5.41) is 3.11. The topological polar surface area (TPSA) is 49.4 Å². The number of nitrogens with zero attached hydrogens (tertiary/aromatic N) is 1. The van der Waals surface area contributed by atoms with Gasteiger partial charge in [0, 0.05) is 11.8 Å². The third-order valence-electron chi connectivity index (χ3n) is 4.19. The summed E-state index contributed by atoms with van der Waals surface area (Å²) < 4.78 is 0. The lowest BCUT2D eigenvalue weighted by atomic mass is 10.1.